The van der Waals surface area contributed by atoms with Crippen LogP contribution < -0.4 is 4.74 Å². The van der Waals surface area contributed by atoms with Crippen molar-refractivity contribution in [3.8, 4) is 5.75 Å². The van der Waals surface area contributed by atoms with Crippen molar-refractivity contribution >= 4 is 16.9 Å². The maximum Gasteiger partial charge on any atom is 0.308 e. The van der Waals surface area contributed by atoms with Crippen molar-refractivity contribution in [2.24, 2.45) is 18.9 Å². The first-order chi connectivity index (χ1) is 17.0. The van der Waals surface area contributed by atoms with Gasteiger partial charge in [0.25, 0.3) is 0 Å². The molecule has 3 heterocycles. The van der Waals surface area contributed by atoms with E-state index in [4.69, 9.17) is 4.74 Å². The number of pyridine rings is 1. The number of nitrogens with zero attached hydrogens (tertiary/aromatic N) is 4. The molecule has 1 unspecified atom stereocenters. The third kappa shape index (κ3) is 6.18. The highest BCUT2D eigenvalue weighted by atomic mass is 16.5. The van der Waals surface area contributed by atoms with Gasteiger partial charge in [-0.3, -0.25) is 9.78 Å². The molecular weight excluding hydrogens is 444 g/mol. The van der Waals surface area contributed by atoms with Crippen molar-refractivity contribution in [3.63, 3.8) is 0 Å². The van der Waals surface area contributed by atoms with Crippen molar-refractivity contribution < 1.29 is 19.7 Å². The summed E-state index contributed by atoms with van der Waals surface area (Å²) in [5.41, 5.74) is 2.85. The summed E-state index contributed by atoms with van der Waals surface area (Å²) in [4.78, 5) is 22.9. The summed E-state index contributed by atoms with van der Waals surface area (Å²) in [6, 6.07) is 7.48. The lowest BCUT2D eigenvalue weighted by Crippen LogP contribution is -2.44. The van der Waals surface area contributed by atoms with Crippen LogP contribution in [0.15, 0.2) is 43.0 Å². The number of aromatic nitrogens is 3. The second-order valence-electron chi connectivity index (χ2n) is 9.62. The number of benzene rings is 1. The molecule has 3 atom stereocenters. The average molecular weight is 481 g/mol. The lowest BCUT2D eigenvalue weighted by Gasteiger charge is -2.37. The molecule has 1 aliphatic heterocycles. The molecule has 0 spiro atoms. The quantitative estimate of drug-likeness (QED) is 0.402. The lowest BCUT2D eigenvalue weighted by atomic mass is 9.81. The van der Waals surface area contributed by atoms with Gasteiger partial charge >= 0.3 is 5.97 Å². The number of piperidine rings is 1. The van der Waals surface area contributed by atoms with E-state index in [2.05, 4.69) is 14.9 Å². The van der Waals surface area contributed by atoms with Gasteiger partial charge in [-0.25, -0.2) is 4.98 Å². The smallest absolute Gasteiger partial charge is 0.308 e. The van der Waals surface area contributed by atoms with Crippen LogP contribution in [0.2, 0.25) is 0 Å². The summed E-state index contributed by atoms with van der Waals surface area (Å²) >= 11 is 0. The van der Waals surface area contributed by atoms with Crippen molar-refractivity contribution in [1.29, 1.82) is 0 Å². The van der Waals surface area contributed by atoms with Crippen molar-refractivity contribution in [2.45, 2.75) is 44.6 Å². The summed E-state index contributed by atoms with van der Waals surface area (Å²) in [5, 5.41) is 21.8. The number of aliphatic carboxylic acids is 1. The van der Waals surface area contributed by atoms with E-state index in [0.29, 0.717) is 19.4 Å². The summed E-state index contributed by atoms with van der Waals surface area (Å²) in [6.45, 7) is 2.41. The Balaban J connectivity index is 1.30. The van der Waals surface area contributed by atoms with Gasteiger partial charge in [0.1, 0.15) is 5.75 Å². The molecule has 2 N–H and O–H groups in total. The molecular formula is C27H36N4O4. The van der Waals surface area contributed by atoms with Gasteiger partial charge < -0.3 is 24.4 Å². The largest absolute Gasteiger partial charge is 0.497 e. The predicted molar refractivity (Wildman–Crippen MR) is 134 cm³/mol. The molecule has 0 bridgehead atoms. The molecule has 1 fully saturated rings. The van der Waals surface area contributed by atoms with Crippen molar-refractivity contribution in [2.75, 3.05) is 26.7 Å². The zero-order chi connectivity index (χ0) is 24.8. The van der Waals surface area contributed by atoms with E-state index in [1.807, 2.05) is 48.4 Å². The normalized spacial score (nSPS) is 19.6. The van der Waals surface area contributed by atoms with Gasteiger partial charge in [0.2, 0.25) is 0 Å². The molecule has 1 saturated heterocycles. The molecule has 2 aromatic heterocycles. The predicted octanol–water partition coefficient (Wildman–Crippen LogP) is 3.84. The highest BCUT2D eigenvalue weighted by Crippen LogP contribution is 2.33. The summed E-state index contributed by atoms with van der Waals surface area (Å²) in [5.74, 6) is -0.349. The summed E-state index contributed by atoms with van der Waals surface area (Å²) in [6.07, 6.45) is 9.91. The zero-order valence-corrected chi connectivity index (χ0v) is 20.6. The first kappa shape index (κ1) is 25.1. The number of hydrogen-bond donors (Lipinski definition) is 2. The van der Waals surface area contributed by atoms with Gasteiger partial charge in [-0.2, -0.15) is 0 Å². The maximum absolute atomic E-state index is 12.1. The fraction of sp³-hybridized carbons (Fsp3) is 0.519. The number of carbonyl (C=O) groups is 1. The number of methoxy groups -OCH3 is 1. The first-order valence-electron chi connectivity index (χ1n) is 12.5. The van der Waals surface area contributed by atoms with Crippen LogP contribution in [-0.4, -0.2) is 62.4 Å². The average Bonchev–Trinajstić information content (AvgIpc) is 3.29. The number of aliphatic hydroxyl groups excluding tert-OH is 1. The Hall–Kier alpha value is -2.97. The minimum Gasteiger partial charge on any atom is -0.497 e. The molecule has 3 aromatic rings. The second-order valence-corrected chi connectivity index (χ2v) is 9.62. The third-order valence-corrected chi connectivity index (χ3v) is 7.38. The van der Waals surface area contributed by atoms with Gasteiger partial charge in [-0.05, 0) is 87.4 Å². The third-order valence-electron chi connectivity index (χ3n) is 7.38. The number of imidazole rings is 1. The minimum atomic E-state index is -0.733. The van der Waals surface area contributed by atoms with E-state index in [1.54, 1.807) is 13.3 Å². The van der Waals surface area contributed by atoms with Gasteiger partial charge in [-0.15, -0.1) is 0 Å². The van der Waals surface area contributed by atoms with Gasteiger partial charge in [0.15, 0.2) is 0 Å². The van der Waals surface area contributed by atoms with Crippen molar-refractivity contribution in [1.82, 2.24) is 19.4 Å². The van der Waals surface area contributed by atoms with E-state index in [-0.39, 0.29) is 5.92 Å². The molecule has 4 rings (SSSR count). The van der Waals surface area contributed by atoms with E-state index in [0.717, 1.165) is 61.0 Å². The number of fused-ring (bicyclic) bond motifs is 1. The van der Waals surface area contributed by atoms with Gasteiger partial charge in [-0.1, -0.05) is 0 Å². The number of rotatable bonds is 11. The van der Waals surface area contributed by atoms with Crippen LogP contribution in [0.3, 0.4) is 0 Å². The number of unbranched alkanes of at least 4 members (excludes halogenated alkanes) is 1. The molecule has 0 amide bonds. The Labute approximate surface area is 206 Å². The number of aryl methyl sites for hydroxylation is 2. The fourth-order valence-electron chi connectivity index (χ4n) is 5.26. The molecule has 8 nitrogen and oxygen atoms in total. The number of likely N-dealkylation sites (tertiary alicyclic amines) is 1. The van der Waals surface area contributed by atoms with Crippen LogP contribution in [0.1, 0.15) is 49.5 Å². The number of aliphatic hydroxyl groups is 1. The Morgan fingerprint density at radius 2 is 2.14 bits per heavy atom. The zero-order valence-electron chi connectivity index (χ0n) is 20.6. The summed E-state index contributed by atoms with van der Waals surface area (Å²) in [7, 11) is 3.63. The molecule has 0 radical (unpaired) electrons. The molecule has 188 valence electrons. The van der Waals surface area contributed by atoms with Gasteiger partial charge in [0, 0.05) is 37.1 Å². The first-order valence-corrected chi connectivity index (χ1v) is 12.5. The van der Waals surface area contributed by atoms with Gasteiger partial charge in [0.05, 0.1) is 31.0 Å². The second kappa shape index (κ2) is 11.6. The van der Waals surface area contributed by atoms with E-state index in [1.165, 1.54) is 5.69 Å². The standard InChI is InChI=1S/C27H36N4O4/c1-30-18-28-16-20(30)5-3-4-13-31-14-11-19(24(17-31)27(33)34)6-9-26(32)22-10-12-29-25-8-7-21(35-2)15-23(22)25/h7-8,10,12,15-16,18-19,24,26,32H,3-6,9,11,13-14,17H2,1-2H3,(H,33,34)/t19-,24+,26?/m1/s1. The van der Waals surface area contributed by atoms with Crippen LogP contribution in [0.5, 0.6) is 5.75 Å². The van der Waals surface area contributed by atoms with E-state index >= 15 is 0 Å². The minimum absolute atomic E-state index is 0.0653. The number of carboxylic acid groups (broad SMARTS) is 1. The molecule has 8 heteroatoms. The Morgan fingerprint density at radius 3 is 2.89 bits per heavy atom. The monoisotopic (exact) mass is 480 g/mol. The Kier molecular flexibility index (Phi) is 8.36. The highest BCUT2D eigenvalue weighted by molar-refractivity contribution is 5.83. The molecule has 0 aliphatic carbocycles. The molecule has 35 heavy (non-hydrogen) atoms. The number of ether oxygens (including phenoxy) is 1. The van der Waals surface area contributed by atoms with Crippen LogP contribution in [-0.2, 0) is 18.3 Å². The Bertz CT molecular complexity index is 1130. The maximum atomic E-state index is 12.1. The topological polar surface area (TPSA) is 101 Å². The van der Waals surface area contributed by atoms with Crippen molar-refractivity contribution in [3.05, 3.63) is 54.2 Å². The van der Waals surface area contributed by atoms with E-state index < -0.39 is 18.0 Å². The van der Waals surface area contributed by atoms with Crippen LogP contribution in [0, 0.1) is 11.8 Å². The molecule has 1 aromatic carbocycles. The number of carboxylic acids is 1. The highest BCUT2D eigenvalue weighted by Gasteiger charge is 2.34. The Morgan fingerprint density at radius 1 is 1.29 bits per heavy atom. The molecule has 0 saturated carbocycles. The lowest BCUT2D eigenvalue weighted by molar-refractivity contribution is -0.146. The van der Waals surface area contributed by atoms with Crippen LogP contribution in [0.25, 0.3) is 10.9 Å². The van der Waals surface area contributed by atoms with E-state index in [9.17, 15) is 15.0 Å². The molecule has 1 aliphatic rings. The van der Waals surface area contributed by atoms with Crippen LogP contribution >= 0.6 is 0 Å². The summed E-state index contributed by atoms with van der Waals surface area (Å²) < 4.78 is 7.39. The number of hydrogen-bond acceptors (Lipinski definition) is 6. The van der Waals surface area contributed by atoms with Crippen LogP contribution in [0.4, 0.5) is 0 Å². The fourth-order valence-corrected chi connectivity index (χ4v) is 5.26. The SMILES string of the molecule is COc1ccc2nccc(C(O)CC[C@@H]3CCN(CCCCc4cncn4C)C[C@@H]3C(=O)O)c2c1.